The number of allylic oxidation sites excluding steroid dienone is 14. The molecule has 0 saturated heterocycles. The van der Waals surface area contributed by atoms with Gasteiger partial charge in [0.15, 0.2) is 5.84 Å². The van der Waals surface area contributed by atoms with Gasteiger partial charge in [0.1, 0.15) is 0 Å². The number of benzene rings is 3. The lowest BCUT2D eigenvalue weighted by Crippen LogP contribution is -2.16. The summed E-state index contributed by atoms with van der Waals surface area (Å²) in [4.78, 5) is 8.84. The van der Waals surface area contributed by atoms with E-state index in [1.807, 2.05) is 49.4 Å². The van der Waals surface area contributed by atoms with Crippen LogP contribution in [-0.4, -0.2) is 24.0 Å². The minimum atomic E-state index is 0.00437. The lowest BCUT2D eigenvalue weighted by atomic mass is 9.86. The molecule has 0 bridgehead atoms. The molecular formula is C48H46N4. The van der Waals surface area contributed by atoms with E-state index in [2.05, 4.69) is 112 Å². The molecule has 258 valence electrons. The van der Waals surface area contributed by atoms with Gasteiger partial charge in [-0.1, -0.05) is 148 Å². The average molecular weight is 679 g/mol. The third kappa shape index (κ3) is 10.5. The SMILES string of the molecule is C=Cc1ccc(/C=C\C(=N)C(=C)/C=C\C(=C)C(=C)/C=C\C(=C)C(=N)N=C(/C=C/c2ccc3ccccc3c2)C2C=CC(C)=C(/C=C\C)C2)cc1N=C. The molecule has 4 heteroatoms. The van der Waals surface area contributed by atoms with Gasteiger partial charge in [-0.3, -0.25) is 10.4 Å². The summed E-state index contributed by atoms with van der Waals surface area (Å²) < 4.78 is 0. The number of rotatable bonds is 15. The van der Waals surface area contributed by atoms with Gasteiger partial charge in [-0.15, -0.1) is 0 Å². The van der Waals surface area contributed by atoms with Gasteiger partial charge in [-0.2, -0.15) is 0 Å². The maximum atomic E-state index is 8.84. The molecule has 0 radical (unpaired) electrons. The van der Waals surface area contributed by atoms with Crippen LogP contribution in [0.15, 0.2) is 198 Å². The molecule has 0 amide bonds. The van der Waals surface area contributed by atoms with Crippen molar-refractivity contribution >= 4 is 58.7 Å². The Morgan fingerprint density at radius 1 is 0.750 bits per heavy atom. The highest BCUT2D eigenvalue weighted by Gasteiger charge is 2.18. The highest BCUT2D eigenvalue weighted by atomic mass is 14.8. The Bertz CT molecular complexity index is 2220. The third-order valence-corrected chi connectivity index (χ3v) is 8.65. The summed E-state index contributed by atoms with van der Waals surface area (Å²) in [5.41, 5.74) is 9.35. The van der Waals surface area contributed by atoms with Gasteiger partial charge in [-0.25, -0.2) is 4.99 Å². The molecule has 3 aromatic carbocycles. The van der Waals surface area contributed by atoms with Gasteiger partial charge in [0.05, 0.1) is 17.1 Å². The minimum absolute atomic E-state index is 0.00437. The van der Waals surface area contributed by atoms with Crippen molar-refractivity contribution in [3.05, 3.63) is 204 Å². The van der Waals surface area contributed by atoms with Gasteiger partial charge in [0, 0.05) is 11.5 Å². The van der Waals surface area contributed by atoms with Crippen molar-refractivity contribution in [1.29, 1.82) is 10.8 Å². The first-order chi connectivity index (χ1) is 25.0. The van der Waals surface area contributed by atoms with E-state index < -0.39 is 0 Å². The van der Waals surface area contributed by atoms with E-state index in [0.717, 1.165) is 34.5 Å². The quantitative estimate of drug-likeness (QED) is 0.0912. The summed E-state index contributed by atoms with van der Waals surface area (Å²) in [6.45, 7) is 27.9. The Morgan fingerprint density at radius 2 is 1.38 bits per heavy atom. The number of nitrogens with zero attached hydrogens (tertiary/aromatic N) is 2. The normalized spacial score (nSPS) is 15.0. The number of aliphatic imine (C=N–C) groups is 2. The first kappa shape index (κ1) is 38.3. The molecule has 1 aliphatic carbocycles. The van der Waals surface area contributed by atoms with Crippen molar-refractivity contribution in [2.75, 3.05) is 0 Å². The Hall–Kier alpha value is -6.52. The molecule has 1 unspecified atom stereocenters. The van der Waals surface area contributed by atoms with Crippen LogP contribution in [0.5, 0.6) is 0 Å². The van der Waals surface area contributed by atoms with Crippen LogP contribution in [-0.2, 0) is 0 Å². The van der Waals surface area contributed by atoms with E-state index in [1.165, 1.54) is 21.9 Å². The van der Waals surface area contributed by atoms with Gasteiger partial charge in [0.25, 0.3) is 0 Å². The maximum Gasteiger partial charge on any atom is 0.151 e. The summed E-state index contributed by atoms with van der Waals surface area (Å²) in [6.07, 6.45) is 25.6. The molecule has 0 heterocycles. The Labute approximate surface area is 309 Å². The van der Waals surface area contributed by atoms with Crippen molar-refractivity contribution in [2.45, 2.75) is 20.3 Å². The molecule has 52 heavy (non-hydrogen) atoms. The molecule has 4 nitrogen and oxygen atoms in total. The van der Waals surface area contributed by atoms with Crippen molar-refractivity contribution in [1.82, 2.24) is 0 Å². The third-order valence-electron chi connectivity index (χ3n) is 8.65. The van der Waals surface area contributed by atoms with Gasteiger partial charge in [-0.05, 0) is 107 Å². The topological polar surface area (TPSA) is 72.4 Å². The maximum absolute atomic E-state index is 8.84. The Kier molecular flexibility index (Phi) is 13.6. The highest BCUT2D eigenvalue weighted by molar-refractivity contribution is 6.12. The van der Waals surface area contributed by atoms with Crippen LogP contribution in [0, 0.1) is 16.7 Å². The van der Waals surface area contributed by atoms with E-state index >= 15 is 0 Å². The largest absolute Gasteiger partial charge is 0.300 e. The van der Waals surface area contributed by atoms with Crippen molar-refractivity contribution in [3.8, 4) is 0 Å². The lowest BCUT2D eigenvalue weighted by Gasteiger charge is -2.20. The molecule has 1 atom stereocenters. The van der Waals surface area contributed by atoms with E-state index in [1.54, 1.807) is 36.5 Å². The zero-order chi connectivity index (χ0) is 37.6. The average Bonchev–Trinajstić information content (AvgIpc) is 3.16. The summed E-state index contributed by atoms with van der Waals surface area (Å²) in [7, 11) is 0. The molecule has 0 aromatic heterocycles. The van der Waals surface area contributed by atoms with Crippen molar-refractivity contribution < 1.29 is 0 Å². The predicted molar refractivity (Wildman–Crippen MR) is 230 cm³/mol. The standard InChI is InChI=1S/C48H46N4/c1-9-13-42-32-44(25-20-35(42)5)46(29-24-38-22-27-41-14-11-12-15-43(41)30-38)52-48(50)37(7)19-17-34(4)33(3)16-18-36(6)45(49)28-23-39-21-26-40(10-2)47(31-39)51-8/h9-31,44,49-50H,2-4,6-8,32H2,1,5H3/b13-9-,18-16-,19-17-,28-23-,29-24+,49-45?,50-48?,52-46?. The van der Waals surface area contributed by atoms with E-state index in [-0.39, 0.29) is 17.5 Å². The Morgan fingerprint density at radius 3 is 2.08 bits per heavy atom. The van der Waals surface area contributed by atoms with E-state index in [9.17, 15) is 0 Å². The zero-order valence-corrected chi connectivity index (χ0v) is 30.2. The molecule has 2 N–H and O–H groups in total. The number of amidine groups is 1. The second-order valence-electron chi connectivity index (χ2n) is 12.4. The summed E-state index contributed by atoms with van der Waals surface area (Å²) in [5.74, 6) is 0.0732. The molecule has 0 spiro atoms. The smallest absolute Gasteiger partial charge is 0.151 e. The summed E-state index contributed by atoms with van der Waals surface area (Å²) >= 11 is 0. The summed E-state index contributed by atoms with van der Waals surface area (Å²) in [5, 5.41) is 19.6. The minimum Gasteiger partial charge on any atom is -0.300 e. The number of hydrogen-bond acceptors (Lipinski definition) is 3. The number of hydrogen-bond donors (Lipinski definition) is 2. The van der Waals surface area contributed by atoms with Crippen LogP contribution in [0.4, 0.5) is 5.69 Å². The molecule has 0 aliphatic heterocycles. The van der Waals surface area contributed by atoms with Gasteiger partial charge >= 0.3 is 0 Å². The van der Waals surface area contributed by atoms with Crippen LogP contribution in [0.3, 0.4) is 0 Å². The Balaban J connectivity index is 1.44. The lowest BCUT2D eigenvalue weighted by molar-refractivity contribution is 0.833. The molecule has 0 fully saturated rings. The second-order valence-corrected chi connectivity index (χ2v) is 12.4. The van der Waals surface area contributed by atoms with Crippen LogP contribution >= 0.6 is 0 Å². The predicted octanol–water partition coefficient (Wildman–Crippen LogP) is 12.8. The van der Waals surface area contributed by atoms with Gasteiger partial charge < -0.3 is 5.41 Å². The number of fused-ring (bicyclic) bond motifs is 1. The second kappa shape index (κ2) is 18.5. The fourth-order valence-electron chi connectivity index (χ4n) is 5.42. The van der Waals surface area contributed by atoms with E-state index in [0.29, 0.717) is 22.3 Å². The first-order valence-corrected chi connectivity index (χ1v) is 17.0. The fraction of sp³-hybridized carbons (Fsp3) is 0.0833. The monoisotopic (exact) mass is 678 g/mol. The first-order valence-electron chi connectivity index (χ1n) is 17.0. The van der Waals surface area contributed by atoms with Crippen LogP contribution < -0.4 is 0 Å². The molecule has 1 aliphatic rings. The zero-order valence-electron chi connectivity index (χ0n) is 30.2. The molecular weight excluding hydrogens is 633 g/mol. The highest BCUT2D eigenvalue weighted by Crippen LogP contribution is 2.27. The fourth-order valence-corrected chi connectivity index (χ4v) is 5.42. The van der Waals surface area contributed by atoms with Crippen LogP contribution in [0.1, 0.15) is 37.0 Å². The molecule has 4 rings (SSSR count). The molecule has 3 aromatic rings. The molecule has 0 saturated carbocycles. The van der Waals surface area contributed by atoms with E-state index in [4.69, 9.17) is 15.8 Å². The number of nitrogens with one attached hydrogen (secondary N) is 2. The van der Waals surface area contributed by atoms with Crippen molar-refractivity contribution in [2.24, 2.45) is 15.9 Å². The van der Waals surface area contributed by atoms with Crippen LogP contribution in [0.25, 0.3) is 29.0 Å². The van der Waals surface area contributed by atoms with Crippen LogP contribution in [0.2, 0.25) is 0 Å². The van der Waals surface area contributed by atoms with Crippen molar-refractivity contribution in [3.63, 3.8) is 0 Å². The van der Waals surface area contributed by atoms with Gasteiger partial charge in [0.2, 0.25) is 0 Å². The summed E-state index contributed by atoms with van der Waals surface area (Å²) in [6, 6.07) is 20.4.